The molecule has 1 fully saturated rings. The van der Waals surface area contributed by atoms with Crippen LogP contribution >= 0.6 is 23.4 Å². The molecule has 0 aliphatic heterocycles. The summed E-state index contributed by atoms with van der Waals surface area (Å²) in [6, 6.07) is 5.28. The highest BCUT2D eigenvalue weighted by atomic mass is 35.5. The Bertz CT molecular complexity index is 447. The van der Waals surface area contributed by atoms with Crippen molar-refractivity contribution in [3.8, 4) is 0 Å². The quantitative estimate of drug-likeness (QED) is 0.873. The molecule has 0 aromatic heterocycles. The predicted molar refractivity (Wildman–Crippen MR) is 75.7 cm³/mol. The van der Waals surface area contributed by atoms with E-state index in [1.54, 1.807) is 23.9 Å². The predicted octanol–water partition coefficient (Wildman–Crippen LogP) is 4.71. The molecule has 1 N–H and O–H groups in total. The molecule has 1 aromatic carbocycles. The lowest BCUT2D eigenvalue weighted by molar-refractivity contribution is 0.0697. The molecular formula is C14H17ClO2S. The Balaban J connectivity index is 2.09. The molecule has 1 saturated carbocycles. The fourth-order valence-electron chi connectivity index (χ4n) is 2.42. The first-order chi connectivity index (χ1) is 8.56. The Kier molecular flexibility index (Phi) is 4.57. The summed E-state index contributed by atoms with van der Waals surface area (Å²) < 4.78 is 0. The van der Waals surface area contributed by atoms with Gasteiger partial charge in [0.25, 0.3) is 0 Å². The Morgan fingerprint density at radius 1 is 1.44 bits per heavy atom. The molecule has 2 atom stereocenters. The molecule has 0 bridgehead atoms. The first kappa shape index (κ1) is 13.8. The van der Waals surface area contributed by atoms with E-state index in [-0.39, 0.29) is 5.56 Å². The summed E-state index contributed by atoms with van der Waals surface area (Å²) in [6.07, 6.45) is 5.03. The Hall–Kier alpha value is -0.670. The molecule has 18 heavy (non-hydrogen) atoms. The number of hydrogen-bond donors (Lipinski definition) is 1. The van der Waals surface area contributed by atoms with E-state index in [1.807, 2.05) is 6.07 Å². The lowest BCUT2D eigenvalue weighted by atomic mass is 9.91. The largest absolute Gasteiger partial charge is 0.478 e. The molecule has 98 valence electrons. The van der Waals surface area contributed by atoms with Gasteiger partial charge in [-0.05, 0) is 37.0 Å². The second kappa shape index (κ2) is 5.98. The van der Waals surface area contributed by atoms with Crippen molar-refractivity contribution in [1.82, 2.24) is 0 Å². The molecule has 1 aromatic rings. The molecule has 0 saturated heterocycles. The zero-order valence-corrected chi connectivity index (χ0v) is 11.9. The van der Waals surface area contributed by atoms with Crippen LogP contribution in [0.1, 0.15) is 43.0 Å². The Morgan fingerprint density at radius 3 is 2.89 bits per heavy atom. The smallest absolute Gasteiger partial charge is 0.337 e. The lowest BCUT2D eigenvalue weighted by Crippen LogP contribution is -2.14. The van der Waals surface area contributed by atoms with Gasteiger partial charge in [0.15, 0.2) is 0 Å². The van der Waals surface area contributed by atoms with E-state index in [9.17, 15) is 4.79 Å². The van der Waals surface area contributed by atoms with Crippen molar-refractivity contribution in [2.75, 3.05) is 0 Å². The molecule has 2 nitrogen and oxygen atoms in total. The van der Waals surface area contributed by atoms with Crippen LogP contribution in [0.2, 0.25) is 5.02 Å². The summed E-state index contributed by atoms with van der Waals surface area (Å²) in [5, 5.41) is 9.96. The number of rotatable bonds is 3. The second-order valence-electron chi connectivity index (χ2n) is 4.96. The molecule has 4 heteroatoms. The van der Waals surface area contributed by atoms with Gasteiger partial charge in [-0.2, -0.15) is 0 Å². The van der Waals surface area contributed by atoms with Gasteiger partial charge in [0.1, 0.15) is 0 Å². The summed E-state index contributed by atoms with van der Waals surface area (Å²) in [5.41, 5.74) is 0.200. The van der Waals surface area contributed by atoms with Gasteiger partial charge in [0.2, 0.25) is 0 Å². The molecule has 0 heterocycles. The van der Waals surface area contributed by atoms with Gasteiger partial charge < -0.3 is 5.11 Å². The third-order valence-corrected chi connectivity index (χ3v) is 4.98. The van der Waals surface area contributed by atoms with Crippen molar-refractivity contribution in [1.29, 1.82) is 0 Å². The van der Waals surface area contributed by atoms with Gasteiger partial charge in [0, 0.05) is 10.1 Å². The molecule has 2 rings (SSSR count). The Labute approximate surface area is 117 Å². The number of halogens is 1. The normalized spacial score (nSPS) is 23.9. The second-order valence-corrected chi connectivity index (χ2v) is 6.74. The number of hydrogen-bond acceptors (Lipinski definition) is 2. The SMILES string of the molecule is CC1CCCC(Sc2ccc(Cl)c(C(=O)O)c2)C1. The minimum atomic E-state index is -0.959. The van der Waals surface area contributed by atoms with E-state index in [0.717, 1.165) is 10.8 Å². The lowest BCUT2D eigenvalue weighted by Gasteiger charge is -2.26. The number of benzene rings is 1. The number of carbonyl (C=O) groups is 1. The van der Waals surface area contributed by atoms with E-state index in [4.69, 9.17) is 16.7 Å². The maximum absolute atomic E-state index is 11.0. The van der Waals surface area contributed by atoms with Crippen LogP contribution < -0.4 is 0 Å². The third kappa shape index (κ3) is 3.42. The fourth-order valence-corrected chi connectivity index (χ4v) is 4.04. The van der Waals surface area contributed by atoms with Gasteiger partial charge in [-0.25, -0.2) is 4.79 Å². The van der Waals surface area contributed by atoms with Crippen LogP contribution in [0.3, 0.4) is 0 Å². The first-order valence-corrected chi connectivity index (χ1v) is 7.51. The topological polar surface area (TPSA) is 37.3 Å². The highest BCUT2D eigenvalue weighted by molar-refractivity contribution is 8.00. The van der Waals surface area contributed by atoms with Crippen LogP contribution in [0.5, 0.6) is 0 Å². The van der Waals surface area contributed by atoms with Crippen molar-refractivity contribution in [2.24, 2.45) is 5.92 Å². The molecule has 0 amide bonds. The number of thioether (sulfide) groups is 1. The minimum absolute atomic E-state index is 0.200. The third-order valence-electron chi connectivity index (χ3n) is 3.36. The van der Waals surface area contributed by atoms with Crippen molar-refractivity contribution in [2.45, 2.75) is 42.8 Å². The van der Waals surface area contributed by atoms with Crippen LogP contribution in [-0.2, 0) is 0 Å². The van der Waals surface area contributed by atoms with E-state index in [2.05, 4.69) is 6.92 Å². The highest BCUT2D eigenvalue weighted by Crippen LogP contribution is 2.37. The van der Waals surface area contributed by atoms with E-state index in [1.165, 1.54) is 25.7 Å². The molecule has 0 radical (unpaired) electrons. The van der Waals surface area contributed by atoms with Crippen molar-refractivity contribution in [3.05, 3.63) is 28.8 Å². The van der Waals surface area contributed by atoms with Crippen molar-refractivity contribution in [3.63, 3.8) is 0 Å². The molecule has 1 aliphatic carbocycles. The summed E-state index contributed by atoms with van der Waals surface area (Å²) in [4.78, 5) is 12.0. The standard InChI is InChI=1S/C14H17ClO2S/c1-9-3-2-4-10(7-9)18-11-5-6-13(15)12(8-11)14(16)17/h5-6,8-10H,2-4,7H2,1H3,(H,16,17). The average molecular weight is 285 g/mol. The van der Waals surface area contributed by atoms with Gasteiger partial charge in [0.05, 0.1) is 10.6 Å². The van der Waals surface area contributed by atoms with Crippen molar-refractivity contribution < 1.29 is 9.90 Å². The Morgan fingerprint density at radius 2 is 2.22 bits per heavy atom. The minimum Gasteiger partial charge on any atom is -0.478 e. The maximum atomic E-state index is 11.0. The van der Waals surface area contributed by atoms with E-state index >= 15 is 0 Å². The maximum Gasteiger partial charge on any atom is 0.337 e. The van der Waals surface area contributed by atoms with Gasteiger partial charge in [-0.15, -0.1) is 11.8 Å². The summed E-state index contributed by atoms with van der Waals surface area (Å²) >= 11 is 7.65. The molecular weight excluding hydrogens is 268 g/mol. The van der Waals surface area contributed by atoms with Gasteiger partial charge >= 0.3 is 5.97 Å². The number of carboxylic acid groups (broad SMARTS) is 1. The highest BCUT2D eigenvalue weighted by Gasteiger charge is 2.20. The van der Waals surface area contributed by atoms with Crippen LogP contribution in [-0.4, -0.2) is 16.3 Å². The van der Waals surface area contributed by atoms with Crippen LogP contribution in [0, 0.1) is 5.92 Å². The monoisotopic (exact) mass is 284 g/mol. The average Bonchev–Trinajstić information content (AvgIpc) is 2.31. The van der Waals surface area contributed by atoms with Crippen LogP contribution in [0.15, 0.2) is 23.1 Å². The fraction of sp³-hybridized carbons (Fsp3) is 0.500. The number of aromatic carboxylic acids is 1. The molecule has 1 aliphatic rings. The first-order valence-electron chi connectivity index (χ1n) is 6.25. The van der Waals surface area contributed by atoms with E-state index < -0.39 is 5.97 Å². The van der Waals surface area contributed by atoms with Gasteiger partial charge in [-0.1, -0.05) is 31.4 Å². The summed E-state index contributed by atoms with van der Waals surface area (Å²) in [6.45, 7) is 2.29. The zero-order valence-electron chi connectivity index (χ0n) is 10.4. The van der Waals surface area contributed by atoms with E-state index in [0.29, 0.717) is 10.3 Å². The summed E-state index contributed by atoms with van der Waals surface area (Å²) in [7, 11) is 0. The van der Waals surface area contributed by atoms with Crippen LogP contribution in [0.25, 0.3) is 0 Å². The van der Waals surface area contributed by atoms with Crippen molar-refractivity contribution >= 4 is 29.3 Å². The molecule has 2 unspecified atom stereocenters. The number of carboxylic acids is 1. The summed E-state index contributed by atoms with van der Waals surface area (Å²) in [5.74, 6) is -0.179. The van der Waals surface area contributed by atoms with Gasteiger partial charge in [-0.3, -0.25) is 0 Å². The van der Waals surface area contributed by atoms with Crippen LogP contribution in [0.4, 0.5) is 0 Å². The zero-order chi connectivity index (χ0) is 13.1. The molecule has 0 spiro atoms.